The van der Waals surface area contributed by atoms with Crippen molar-refractivity contribution in [3.8, 4) is 5.75 Å². The maximum absolute atomic E-state index is 13.0. The maximum Gasteiger partial charge on any atom is 0.341 e. The molecule has 39 heavy (non-hydrogen) atoms. The summed E-state index contributed by atoms with van der Waals surface area (Å²) in [6.45, 7) is 11.8. The van der Waals surface area contributed by atoms with E-state index in [1.54, 1.807) is 12.1 Å². The van der Waals surface area contributed by atoms with Gasteiger partial charge in [0.1, 0.15) is 10.8 Å². The van der Waals surface area contributed by atoms with Crippen LogP contribution in [0.1, 0.15) is 71.9 Å². The molecule has 1 aromatic carbocycles. The Morgan fingerprint density at radius 3 is 2.77 bits per heavy atom. The third-order valence-electron chi connectivity index (χ3n) is 6.11. The van der Waals surface area contributed by atoms with Gasteiger partial charge in [-0.15, -0.1) is 28.1 Å². The number of anilines is 1. The molecule has 1 aliphatic rings. The number of esters is 1. The number of nitrogens with zero attached hydrogens (tertiary/aromatic N) is 3. The summed E-state index contributed by atoms with van der Waals surface area (Å²) in [6, 6.07) is 5.59. The summed E-state index contributed by atoms with van der Waals surface area (Å²) in [6.07, 6.45) is 4.89. The fourth-order valence-corrected chi connectivity index (χ4v) is 6.60. The van der Waals surface area contributed by atoms with E-state index in [-0.39, 0.29) is 23.7 Å². The number of ether oxygens (including phenoxy) is 2. The summed E-state index contributed by atoms with van der Waals surface area (Å²) in [7, 11) is 0. The highest BCUT2D eigenvalue weighted by atomic mass is 35.5. The number of aromatic nitrogens is 3. The summed E-state index contributed by atoms with van der Waals surface area (Å²) in [5.74, 6) is 0.639. The lowest BCUT2D eigenvalue weighted by Gasteiger charge is -2.17. The standard InChI is InChI=1S/C28H33ClN4O4S2/c1-6-13-33-25(18(5)37-21-14-17(4)11-12-20(21)29)31-32-28(33)38-15-23(34)30-26-24(27(35)36-16(2)3)19-9-7-8-10-22(19)39-26/h6,11-12,14,16,18H,1,7-10,13,15H2,2-5H3,(H,30,34). The first kappa shape index (κ1) is 29.2. The first-order valence-corrected chi connectivity index (χ1v) is 15.1. The number of hydrogen-bond donors (Lipinski definition) is 1. The van der Waals surface area contributed by atoms with E-state index < -0.39 is 6.10 Å². The second-order valence-electron chi connectivity index (χ2n) is 9.64. The molecule has 0 radical (unpaired) electrons. The van der Waals surface area contributed by atoms with Crippen LogP contribution in [0.5, 0.6) is 5.75 Å². The number of fused-ring (bicyclic) bond motifs is 1. The lowest BCUT2D eigenvalue weighted by Crippen LogP contribution is -2.19. The van der Waals surface area contributed by atoms with Gasteiger partial charge < -0.3 is 14.8 Å². The number of amides is 1. The Kier molecular flexibility index (Phi) is 9.74. The molecule has 1 atom stereocenters. The summed E-state index contributed by atoms with van der Waals surface area (Å²) in [4.78, 5) is 27.1. The monoisotopic (exact) mass is 588 g/mol. The van der Waals surface area contributed by atoms with Gasteiger partial charge in [0.05, 0.1) is 22.4 Å². The average Bonchev–Trinajstić information content (AvgIpc) is 3.45. The number of rotatable bonds is 11. The molecule has 1 amide bonds. The van der Waals surface area contributed by atoms with Gasteiger partial charge in [-0.05, 0) is 76.6 Å². The highest BCUT2D eigenvalue weighted by Crippen LogP contribution is 2.39. The molecular formula is C28H33ClN4O4S2. The third kappa shape index (κ3) is 7.04. The molecule has 1 N–H and O–H groups in total. The van der Waals surface area contributed by atoms with Crippen LogP contribution in [0.4, 0.5) is 5.00 Å². The Balaban J connectivity index is 1.47. The van der Waals surface area contributed by atoms with Gasteiger partial charge in [0.15, 0.2) is 17.1 Å². The quantitative estimate of drug-likeness (QED) is 0.149. The zero-order valence-electron chi connectivity index (χ0n) is 22.6. The van der Waals surface area contributed by atoms with Crippen LogP contribution in [0.25, 0.3) is 0 Å². The Bertz CT molecular complexity index is 1370. The second kappa shape index (κ2) is 13.0. The number of carbonyl (C=O) groups excluding carboxylic acids is 2. The van der Waals surface area contributed by atoms with Gasteiger partial charge in [0, 0.05) is 11.4 Å². The van der Waals surface area contributed by atoms with E-state index >= 15 is 0 Å². The van der Waals surface area contributed by atoms with Crippen molar-refractivity contribution in [3.63, 3.8) is 0 Å². The smallest absolute Gasteiger partial charge is 0.341 e. The number of allylic oxidation sites excluding steroid dienone is 1. The van der Waals surface area contributed by atoms with Gasteiger partial charge in [0.2, 0.25) is 5.91 Å². The van der Waals surface area contributed by atoms with E-state index in [1.807, 2.05) is 44.4 Å². The molecule has 2 aromatic heterocycles. The van der Waals surface area contributed by atoms with Crippen LogP contribution < -0.4 is 10.1 Å². The predicted molar refractivity (Wildman–Crippen MR) is 156 cm³/mol. The molecule has 0 aliphatic heterocycles. The summed E-state index contributed by atoms with van der Waals surface area (Å²) in [5.41, 5.74) is 2.54. The molecule has 1 aliphatic carbocycles. The number of thioether (sulfide) groups is 1. The molecule has 2 heterocycles. The van der Waals surface area contributed by atoms with Crippen molar-refractivity contribution in [1.29, 1.82) is 0 Å². The van der Waals surface area contributed by atoms with Crippen molar-refractivity contribution in [2.45, 2.75) is 77.3 Å². The van der Waals surface area contributed by atoms with Crippen molar-refractivity contribution in [2.24, 2.45) is 0 Å². The molecule has 0 saturated heterocycles. The maximum atomic E-state index is 13.0. The van der Waals surface area contributed by atoms with Crippen LogP contribution in [-0.2, 0) is 28.9 Å². The minimum atomic E-state index is -0.438. The number of aryl methyl sites for hydroxylation is 2. The molecule has 208 valence electrons. The van der Waals surface area contributed by atoms with Crippen molar-refractivity contribution in [3.05, 3.63) is 63.3 Å². The molecule has 0 spiro atoms. The molecule has 3 aromatic rings. The normalized spacial score (nSPS) is 13.6. The molecular weight excluding hydrogens is 556 g/mol. The number of hydrogen-bond acceptors (Lipinski definition) is 8. The van der Waals surface area contributed by atoms with Crippen LogP contribution in [-0.4, -0.2) is 38.5 Å². The third-order valence-corrected chi connectivity index (χ3v) is 8.60. The number of benzene rings is 1. The van der Waals surface area contributed by atoms with Gasteiger partial charge in [-0.1, -0.05) is 35.5 Å². The zero-order chi connectivity index (χ0) is 28.1. The van der Waals surface area contributed by atoms with Crippen LogP contribution in [0, 0.1) is 6.92 Å². The Morgan fingerprint density at radius 2 is 2.03 bits per heavy atom. The lowest BCUT2D eigenvalue weighted by molar-refractivity contribution is -0.113. The summed E-state index contributed by atoms with van der Waals surface area (Å²) >= 11 is 9.05. The Hall–Kier alpha value is -2.82. The predicted octanol–water partition coefficient (Wildman–Crippen LogP) is 6.80. The fraction of sp³-hybridized carbons (Fsp3) is 0.429. The molecule has 8 nitrogen and oxygen atoms in total. The van der Waals surface area contributed by atoms with Crippen molar-refractivity contribution in [2.75, 3.05) is 11.1 Å². The number of carbonyl (C=O) groups is 2. The van der Waals surface area contributed by atoms with Gasteiger partial charge >= 0.3 is 5.97 Å². The molecule has 11 heteroatoms. The highest BCUT2D eigenvalue weighted by molar-refractivity contribution is 7.99. The van der Waals surface area contributed by atoms with E-state index in [1.165, 1.54) is 23.1 Å². The minimum absolute atomic E-state index is 0.0927. The number of thiophene rings is 1. The number of halogens is 1. The van der Waals surface area contributed by atoms with Crippen LogP contribution >= 0.6 is 34.7 Å². The van der Waals surface area contributed by atoms with E-state index in [2.05, 4.69) is 22.1 Å². The average molecular weight is 589 g/mol. The van der Waals surface area contributed by atoms with Crippen molar-refractivity contribution in [1.82, 2.24) is 14.8 Å². The van der Waals surface area contributed by atoms with E-state index in [9.17, 15) is 9.59 Å². The fourth-order valence-electron chi connectivity index (χ4n) is 4.39. The number of nitrogens with one attached hydrogen (secondary N) is 1. The first-order chi connectivity index (χ1) is 18.7. The zero-order valence-corrected chi connectivity index (χ0v) is 25.0. The van der Waals surface area contributed by atoms with Gasteiger partial charge in [-0.25, -0.2) is 4.79 Å². The van der Waals surface area contributed by atoms with Crippen molar-refractivity contribution < 1.29 is 19.1 Å². The van der Waals surface area contributed by atoms with Crippen LogP contribution in [0.2, 0.25) is 5.02 Å². The second-order valence-corrected chi connectivity index (χ2v) is 12.1. The molecule has 1 unspecified atom stereocenters. The first-order valence-electron chi connectivity index (χ1n) is 12.9. The lowest BCUT2D eigenvalue weighted by atomic mass is 9.95. The van der Waals surface area contributed by atoms with Gasteiger partial charge in [-0.2, -0.15) is 0 Å². The minimum Gasteiger partial charge on any atom is -0.481 e. The molecule has 4 rings (SSSR count). The molecule has 0 saturated carbocycles. The van der Waals surface area contributed by atoms with E-state index in [0.717, 1.165) is 41.7 Å². The highest BCUT2D eigenvalue weighted by Gasteiger charge is 2.28. The van der Waals surface area contributed by atoms with Crippen molar-refractivity contribution >= 4 is 51.6 Å². The topological polar surface area (TPSA) is 95.3 Å². The van der Waals surface area contributed by atoms with Crippen LogP contribution in [0.3, 0.4) is 0 Å². The van der Waals surface area contributed by atoms with Gasteiger partial charge in [-0.3, -0.25) is 9.36 Å². The Morgan fingerprint density at radius 1 is 1.26 bits per heavy atom. The van der Waals surface area contributed by atoms with Crippen LogP contribution in [0.15, 0.2) is 36.0 Å². The van der Waals surface area contributed by atoms with Gasteiger partial charge in [0.25, 0.3) is 0 Å². The molecule has 0 fully saturated rings. The largest absolute Gasteiger partial charge is 0.481 e. The van der Waals surface area contributed by atoms with E-state index in [4.69, 9.17) is 21.1 Å². The molecule has 0 bridgehead atoms. The van der Waals surface area contributed by atoms with E-state index in [0.29, 0.717) is 38.9 Å². The Labute approximate surface area is 242 Å². The SMILES string of the molecule is C=CCn1c(SCC(=O)Nc2sc3c(c2C(=O)OC(C)C)CCCC3)nnc1C(C)Oc1cc(C)ccc1Cl. The summed E-state index contributed by atoms with van der Waals surface area (Å²) in [5, 5.41) is 13.2. The summed E-state index contributed by atoms with van der Waals surface area (Å²) < 4.78 is 13.5.